The monoisotopic (exact) mass is 319 g/mol. The second kappa shape index (κ2) is 8.43. The van der Waals surface area contributed by atoms with E-state index >= 15 is 0 Å². The van der Waals surface area contributed by atoms with Gasteiger partial charge in [-0.05, 0) is 25.8 Å². The number of aryl methyl sites for hydroxylation is 2. The van der Waals surface area contributed by atoms with E-state index in [-0.39, 0.29) is 5.91 Å². The first-order valence-electron chi connectivity index (χ1n) is 7.46. The van der Waals surface area contributed by atoms with E-state index in [2.05, 4.69) is 32.5 Å². The summed E-state index contributed by atoms with van der Waals surface area (Å²) < 4.78 is 0. The number of rotatable bonds is 8. The fourth-order valence-electron chi connectivity index (χ4n) is 1.92. The summed E-state index contributed by atoms with van der Waals surface area (Å²) in [5.41, 5.74) is 0.813. The first-order valence-corrected chi connectivity index (χ1v) is 8.27. The van der Waals surface area contributed by atoms with Gasteiger partial charge in [0.2, 0.25) is 5.95 Å². The minimum absolute atomic E-state index is 0.0615. The molecule has 0 aromatic carbocycles. The Morgan fingerprint density at radius 3 is 2.77 bits per heavy atom. The highest BCUT2D eigenvalue weighted by Gasteiger charge is 2.14. The molecule has 2 rings (SSSR count). The molecule has 0 fully saturated rings. The molecular formula is C15H21N5OS. The molecule has 118 valence electrons. The van der Waals surface area contributed by atoms with Gasteiger partial charge >= 0.3 is 0 Å². The fraction of sp³-hybridized carbons (Fsp3) is 0.467. The van der Waals surface area contributed by atoms with Crippen molar-refractivity contribution in [3.63, 3.8) is 0 Å². The molecule has 2 aromatic rings. The number of unbranched alkanes of at least 4 members (excludes halogenated alkanes) is 1. The Morgan fingerprint density at radius 1 is 1.27 bits per heavy atom. The third kappa shape index (κ3) is 4.77. The molecule has 22 heavy (non-hydrogen) atoms. The van der Waals surface area contributed by atoms with Crippen molar-refractivity contribution in [3.8, 4) is 0 Å². The summed E-state index contributed by atoms with van der Waals surface area (Å²) in [5, 5.41) is 6.98. The Labute approximate surface area is 134 Å². The summed E-state index contributed by atoms with van der Waals surface area (Å²) >= 11 is 1.49. The molecule has 0 aliphatic rings. The van der Waals surface area contributed by atoms with E-state index in [1.807, 2.05) is 6.92 Å². The van der Waals surface area contributed by atoms with Gasteiger partial charge in [0.1, 0.15) is 4.88 Å². The van der Waals surface area contributed by atoms with Gasteiger partial charge in [-0.3, -0.25) is 4.79 Å². The van der Waals surface area contributed by atoms with Gasteiger partial charge in [-0.15, -0.1) is 11.3 Å². The highest BCUT2D eigenvalue weighted by atomic mass is 32.1. The van der Waals surface area contributed by atoms with Gasteiger partial charge in [0.15, 0.2) is 0 Å². The maximum Gasteiger partial charge on any atom is 0.263 e. The minimum Gasteiger partial charge on any atom is -0.352 e. The maximum atomic E-state index is 12.2. The summed E-state index contributed by atoms with van der Waals surface area (Å²) in [5.74, 6) is 0.501. The van der Waals surface area contributed by atoms with Gasteiger partial charge in [0.05, 0.1) is 10.7 Å². The lowest BCUT2D eigenvalue weighted by molar-refractivity contribution is 0.0958. The molecule has 0 bridgehead atoms. The van der Waals surface area contributed by atoms with Crippen LogP contribution in [0.5, 0.6) is 0 Å². The molecule has 2 heterocycles. The third-order valence-electron chi connectivity index (χ3n) is 3.05. The van der Waals surface area contributed by atoms with Crippen LogP contribution in [0.2, 0.25) is 0 Å². The summed E-state index contributed by atoms with van der Waals surface area (Å²) in [4.78, 5) is 25.5. The van der Waals surface area contributed by atoms with Gasteiger partial charge < -0.3 is 10.6 Å². The molecule has 0 saturated carbocycles. The Kier molecular flexibility index (Phi) is 6.27. The first kappa shape index (κ1) is 16.4. The van der Waals surface area contributed by atoms with Crippen LogP contribution in [0.4, 0.5) is 5.95 Å². The van der Waals surface area contributed by atoms with E-state index < -0.39 is 0 Å². The van der Waals surface area contributed by atoms with Gasteiger partial charge in [0.25, 0.3) is 5.91 Å². The first-order chi connectivity index (χ1) is 10.7. The Morgan fingerprint density at radius 2 is 2.05 bits per heavy atom. The highest BCUT2D eigenvalue weighted by Crippen LogP contribution is 2.19. The fourth-order valence-corrected chi connectivity index (χ4v) is 2.94. The maximum absolute atomic E-state index is 12.2. The second-order valence-corrected chi connectivity index (χ2v) is 5.96. The van der Waals surface area contributed by atoms with Crippen LogP contribution in [0.1, 0.15) is 40.1 Å². The van der Waals surface area contributed by atoms with E-state index in [1.165, 1.54) is 11.3 Å². The number of nitrogens with one attached hydrogen (secondary N) is 2. The van der Waals surface area contributed by atoms with Gasteiger partial charge in [-0.1, -0.05) is 13.3 Å². The SMILES string of the molecule is CCCCc1nc(C)c(C(=O)NCCNc2ncccn2)s1. The van der Waals surface area contributed by atoms with Crippen molar-refractivity contribution >= 4 is 23.2 Å². The lowest BCUT2D eigenvalue weighted by Crippen LogP contribution is -2.28. The Balaban J connectivity index is 1.78. The van der Waals surface area contributed by atoms with Crippen LogP contribution < -0.4 is 10.6 Å². The van der Waals surface area contributed by atoms with Crippen molar-refractivity contribution in [1.82, 2.24) is 20.3 Å². The summed E-state index contributed by atoms with van der Waals surface area (Å²) in [6, 6.07) is 1.76. The Hall–Kier alpha value is -2.02. The smallest absolute Gasteiger partial charge is 0.263 e. The molecule has 0 aliphatic carbocycles. The predicted molar refractivity (Wildman–Crippen MR) is 88.3 cm³/mol. The number of carbonyl (C=O) groups excluding carboxylic acids is 1. The standard InChI is InChI=1S/C15H21N5OS/c1-3-4-6-12-20-11(2)13(22-12)14(21)16-9-10-19-15-17-7-5-8-18-15/h5,7-8H,3-4,6,9-10H2,1-2H3,(H,16,21)(H,17,18,19). The van der Waals surface area contributed by atoms with Crippen LogP contribution in [0.25, 0.3) is 0 Å². The van der Waals surface area contributed by atoms with Crippen LogP contribution in [0.3, 0.4) is 0 Å². The van der Waals surface area contributed by atoms with Gasteiger partial charge in [-0.25, -0.2) is 15.0 Å². The quantitative estimate of drug-likeness (QED) is 0.731. The van der Waals surface area contributed by atoms with E-state index in [1.54, 1.807) is 18.5 Å². The number of aromatic nitrogens is 3. The normalized spacial score (nSPS) is 10.5. The van der Waals surface area contributed by atoms with Crippen LogP contribution in [0, 0.1) is 6.92 Å². The molecule has 0 unspecified atom stereocenters. The highest BCUT2D eigenvalue weighted by molar-refractivity contribution is 7.13. The third-order valence-corrected chi connectivity index (χ3v) is 4.27. The van der Waals surface area contributed by atoms with E-state index in [4.69, 9.17) is 0 Å². The lowest BCUT2D eigenvalue weighted by atomic mass is 10.3. The molecular weight excluding hydrogens is 298 g/mol. The van der Waals surface area contributed by atoms with Crippen molar-refractivity contribution in [2.45, 2.75) is 33.1 Å². The van der Waals surface area contributed by atoms with Crippen LogP contribution in [-0.2, 0) is 6.42 Å². The number of hydrogen-bond donors (Lipinski definition) is 2. The van der Waals surface area contributed by atoms with Crippen molar-refractivity contribution in [2.75, 3.05) is 18.4 Å². The molecule has 6 nitrogen and oxygen atoms in total. The summed E-state index contributed by atoms with van der Waals surface area (Å²) in [6.45, 7) is 5.13. The van der Waals surface area contributed by atoms with E-state index in [0.29, 0.717) is 23.9 Å². The average molecular weight is 319 g/mol. The van der Waals surface area contributed by atoms with Crippen LogP contribution in [0.15, 0.2) is 18.5 Å². The molecule has 0 radical (unpaired) electrons. The van der Waals surface area contributed by atoms with Crippen LogP contribution in [-0.4, -0.2) is 33.9 Å². The van der Waals surface area contributed by atoms with Crippen LogP contribution >= 0.6 is 11.3 Å². The molecule has 1 amide bonds. The largest absolute Gasteiger partial charge is 0.352 e. The predicted octanol–water partition coefficient (Wildman–Crippen LogP) is 2.43. The van der Waals surface area contributed by atoms with E-state index in [0.717, 1.165) is 30.0 Å². The number of anilines is 1. The average Bonchev–Trinajstić information content (AvgIpc) is 2.91. The van der Waals surface area contributed by atoms with Gasteiger partial charge in [0, 0.05) is 25.5 Å². The summed E-state index contributed by atoms with van der Waals surface area (Å²) in [7, 11) is 0. The van der Waals surface area contributed by atoms with Crippen molar-refractivity contribution in [2.24, 2.45) is 0 Å². The molecule has 0 aliphatic heterocycles. The second-order valence-electron chi connectivity index (χ2n) is 4.88. The van der Waals surface area contributed by atoms with Gasteiger partial charge in [-0.2, -0.15) is 0 Å². The number of hydrogen-bond acceptors (Lipinski definition) is 6. The zero-order valence-electron chi connectivity index (χ0n) is 12.9. The molecule has 7 heteroatoms. The number of nitrogens with zero attached hydrogens (tertiary/aromatic N) is 3. The zero-order chi connectivity index (χ0) is 15.8. The lowest BCUT2D eigenvalue weighted by Gasteiger charge is -2.05. The molecule has 0 spiro atoms. The Bertz CT molecular complexity index is 599. The molecule has 2 N–H and O–H groups in total. The number of amides is 1. The topological polar surface area (TPSA) is 79.8 Å². The molecule has 2 aromatic heterocycles. The number of carbonyl (C=O) groups is 1. The minimum atomic E-state index is -0.0615. The van der Waals surface area contributed by atoms with E-state index in [9.17, 15) is 4.79 Å². The molecule has 0 atom stereocenters. The molecule has 0 saturated heterocycles. The summed E-state index contributed by atoms with van der Waals surface area (Å²) in [6.07, 6.45) is 6.53. The van der Waals surface area contributed by atoms with Crippen molar-refractivity contribution in [3.05, 3.63) is 34.0 Å². The zero-order valence-corrected chi connectivity index (χ0v) is 13.7. The number of thiazole rings is 1. The van der Waals surface area contributed by atoms with Crippen molar-refractivity contribution < 1.29 is 4.79 Å². The van der Waals surface area contributed by atoms with Crippen molar-refractivity contribution in [1.29, 1.82) is 0 Å².